The fourth-order valence-corrected chi connectivity index (χ4v) is 2.99. The van der Waals surface area contributed by atoms with E-state index in [2.05, 4.69) is 23.2 Å². The number of oxazole rings is 1. The Morgan fingerprint density at radius 2 is 1.88 bits per heavy atom. The monoisotopic (exact) mass is 330 g/mol. The summed E-state index contributed by atoms with van der Waals surface area (Å²) in [6.07, 6.45) is 6.17. The van der Waals surface area contributed by atoms with Crippen molar-refractivity contribution in [2.24, 2.45) is 0 Å². The van der Waals surface area contributed by atoms with E-state index in [0.717, 1.165) is 24.1 Å². The normalized spacial score (nSPS) is 14.9. The zero-order chi connectivity index (χ0) is 17.1. The van der Waals surface area contributed by atoms with Crippen molar-refractivity contribution in [3.05, 3.63) is 78.2 Å². The van der Waals surface area contributed by atoms with Crippen molar-refractivity contribution in [2.75, 3.05) is 13.1 Å². The Kier molecular flexibility index (Phi) is 4.17. The Hall–Kier alpha value is -3.14. The lowest BCUT2D eigenvalue weighted by molar-refractivity contribution is -0.125. The predicted octanol–water partition coefficient (Wildman–Crippen LogP) is 4.16. The standard InChI is InChI=1S/C21H18N2O2/c24-21(11-10-20-22-18-8-4-5-9-19(18)25-20)23-14-12-17(13-15-23)16-6-2-1-3-7-16/h1-12H,13-15H2/b11-10+. The van der Waals surface area contributed by atoms with Gasteiger partial charge >= 0.3 is 0 Å². The molecule has 0 fully saturated rings. The summed E-state index contributed by atoms with van der Waals surface area (Å²) in [4.78, 5) is 18.5. The number of rotatable bonds is 3. The molecule has 4 nitrogen and oxygen atoms in total. The molecule has 124 valence electrons. The Balaban J connectivity index is 1.43. The molecule has 4 rings (SSSR count). The summed E-state index contributed by atoms with van der Waals surface area (Å²) in [7, 11) is 0. The van der Waals surface area contributed by atoms with Crippen LogP contribution in [0.2, 0.25) is 0 Å². The van der Waals surface area contributed by atoms with Gasteiger partial charge in [0.25, 0.3) is 0 Å². The molecule has 0 spiro atoms. The van der Waals surface area contributed by atoms with E-state index < -0.39 is 0 Å². The van der Waals surface area contributed by atoms with E-state index >= 15 is 0 Å². The number of hydrogen-bond donors (Lipinski definition) is 0. The second-order valence-corrected chi connectivity index (χ2v) is 5.98. The first kappa shape index (κ1) is 15.4. The minimum Gasteiger partial charge on any atom is -0.437 e. The van der Waals surface area contributed by atoms with Gasteiger partial charge in [-0.1, -0.05) is 48.5 Å². The van der Waals surface area contributed by atoms with Crippen LogP contribution in [0.5, 0.6) is 0 Å². The number of carbonyl (C=O) groups is 1. The Bertz CT molecular complexity index is 921. The highest BCUT2D eigenvalue weighted by Crippen LogP contribution is 2.22. The molecule has 0 unspecified atom stereocenters. The van der Waals surface area contributed by atoms with E-state index in [4.69, 9.17) is 4.42 Å². The second-order valence-electron chi connectivity index (χ2n) is 5.98. The minimum absolute atomic E-state index is 0.0226. The van der Waals surface area contributed by atoms with Crippen molar-refractivity contribution in [1.29, 1.82) is 0 Å². The van der Waals surface area contributed by atoms with Crippen molar-refractivity contribution >= 4 is 28.7 Å². The number of aromatic nitrogens is 1. The first-order chi connectivity index (χ1) is 12.3. The van der Waals surface area contributed by atoms with Gasteiger partial charge in [0.1, 0.15) is 5.52 Å². The van der Waals surface area contributed by atoms with Crippen LogP contribution in [0.25, 0.3) is 22.7 Å². The first-order valence-electron chi connectivity index (χ1n) is 8.36. The highest BCUT2D eigenvalue weighted by molar-refractivity contribution is 5.92. The highest BCUT2D eigenvalue weighted by atomic mass is 16.3. The Labute approximate surface area is 146 Å². The minimum atomic E-state index is -0.0226. The average molecular weight is 330 g/mol. The molecule has 0 saturated carbocycles. The van der Waals surface area contributed by atoms with Crippen LogP contribution in [-0.2, 0) is 4.79 Å². The number of hydrogen-bond acceptors (Lipinski definition) is 3. The molecule has 1 aliphatic rings. The SMILES string of the molecule is O=C(/C=C/c1nc2ccccc2o1)N1CC=C(c2ccccc2)CC1. The maximum atomic E-state index is 12.4. The molecule has 2 aromatic carbocycles. The number of amides is 1. The number of fused-ring (bicyclic) bond motifs is 1. The molecule has 1 aromatic heterocycles. The molecule has 0 atom stereocenters. The quantitative estimate of drug-likeness (QED) is 0.678. The van der Waals surface area contributed by atoms with E-state index in [0.29, 0.717) is 12.4 Å². The van der Waals surface area contributed by atoms with Crippen molar-refractivity contribution < 1.29 is 9.21 Å². The van der Waals surface area contributed by atoms with Crippen molar-refractivity contribution in [2.45, 2.75) is 6.42 Å². The second kappa shape index (κ2) is 6.77. The zero-order valence-electron chi connectivity index (χ0n) is 13.8. The van der Waals surface area contributed by atoms with E-state index in [1.165, 1.54) is 17.2 Å². The molecule has 0 aliphatic carbocycles. The molecule has 4 heteroatoms. The van der Waals surface area contributed by atoms with Crippen LogP contribution in [0.3, 0.4) is 0 Å². The predicted molar refractivity (Wildman–Crippen MR) is 98.7 cm³/mol. The third-order valence-electron chi connectivity index (χ3n) is 4.34. The molecule has 0 bridgehead atoms. The van der Waals surface area contributed by atoms with Gasteiger partial charge in [-0.25, -0.2) is 4.98 Å². The molecular weight excluding hydrogens is 312 g/mol. The van der Waals surface area contributed by atoms with Gasteiger partial charge in [-0.2, -0.15) is 0 Å². The Morgan fingerprint density at radius 1 is 1.08 bits per heavy atom. The van der Waals surface area contributed by atoms with Gasteiger partial charge < -0.3 is 9.32 Å². The van der Waals surface area contributed by atoms with Gasteiger partial charge in [0.05, 0.1) is 0 Å². The summed E-state index contributed by atoms with van der Waals surface area (Å²) in [6.45, 7) is 1.35. The Morgan fingerprint density at radius 3 is 2.64 bits per heavy atom. The van der Waals surface area contributed by atoms with Crippen LogP contribution >= 0.6 is 0 Å². The number of carbonyl (C=O) groups excluding carboxylic acids is 1. The lowest BCUT2D eigenvalue weighted by Crippen LogP contribution is -2.33. The van der Waals surface area contributed by atoms with Crippen molar-refractivity contribution in [3.63, 3.8) is 0 Å². The van der Waals surface area contributed by atoms with Crippen LogP contribution in [0.15, 0.2) is 71.2 Å². The molecule has 0 radical (unpaired) electrons. The van der Waals surface area contributed by atoms with Crippen LogP contribution in [0.1, 0.15) is 17.9 Å². The molecule has 0 N–H and O–H groups in total. The summed E-state index contributed by atoms with van der Waals surface area (Å²) < 4.78 is 5.60. The lowest BCUT2D eigenvalue weighted by atomic mass is 9.99. The molecule has 2 heterocycles. The van der Waals surface area contributed by atoms with Crippen LogP contribution in [0.4, 0.5) is 0 Å². The number of benzene rings is 2. The van der Waals surface area contributed by atoms with Crippen LogP contribution in [-0.4, -0.2) is 28.9 Å². The highest BCUT2D eigenvalue weighted by Gasteiger charge is 2.16. The molecule has 3 aromatic rings. The van der Waals surface area contributed by atoms with Crippen LogP contribution < -0.4 is 0 Å². The number of nitrogens with zero attached hydrogens (tertiary/aromatic N) is 2. The molecule has 0 saturated heterocycles. The topological polar surface area (TPSA) is 46.3 Å². The lowest BCUT2D eigenvalue weighted by Gasteiger charge is -2.25. The molecular formula is C21H18N2O2. The van der Waals surface area contributed by atoms with Gasteiger partial charge in [-0.3, -0.25) is 4.79 Å². The molecule has 1 amide bonds. The average Bonchev–Trinajstić information content (AvgIpc) is 3.10. The fourth-order valence-electron chi connectivity index (χ4n) is 2.99. The van der Waals surface area contributed by atoms with Crippen LogP contribution in [0, 0.1) is 0 Å². The number of para-hydroxylation sites is 2. The summed E-state index contributed by atoms with van der Waals surface area (Å²) in [6, 6.07) is 17.9. The third kappa shape index (κ3) is 3.38. The van der Waals surface area contributed by atoms with Gasteiger partial charge in [-0.05, 0) is 29.7 Å². The maximum Gasteiger partial charge on any atom is 0.247 e. The van der Waals surface area contributed by atoms with E-state index in [1.807, 2.05) is 47.4 Å². The van der Waals surface area contributed by atoms with Gasteiger partial charge in [0.2, 0.25) is 11.8 Å². The molecule has 25 heavy (non-hydrogen) atoms. The van der Waals surface area contributed by atoms with Crippen molar-refractivity contribution in [1.82, 2.24) is 9.88 Å². The fraction of sp³-hybridized carbons (Fsp3) is 0.143. The molecule has 1 aliphatic heterocycles. The maximum absolute atomic E-state index is 12.4. The summed E-state index contributed by atoms with van der Waals surface area (Å²) >= 11 is 0. The van der Waals surface area contributed by atoms with Gasteiger partial charge in [0.15, 0.2) is 5.58 Å². The zero-order valence-corrected chi connectivity index (χ0v) is 13.8. The first-order valence-corrected chi connectivity index (χ1v) is 8.36. The van der Waals surface area contributed by atoms with Gasteiger partial charge in [-0.15, -0.1) is 0 Å². The van der Waals surface area contributed by atoms with Crippen molar-refractivity contribution in [3.8, 4) is 0 Å². The van der Waals surface area contributed by atoms with E-state index in [-0.39, 0.29) is 5.91 Å². The largest absolute Gasteiger partial charge is 0.437 e. The van der Waals surface area contributed by atoms with Gasteiger partial charge in [0, 0.05) is 25.2 Å². The van der Waals surface area contributed by atoms with E-state index in [9.17, 15) is 4.79 Å². The summed E-state index contributed by atoms with van der Waals surface area (Å²) in [5.41, 5.74) is 4.05. The third-order valence-corrected chi connectivity index (χ3v) is 4.34. The summed E-state index contributed by atoms with van der Waals surface area (Å²) in [5.74, 6) is 0.428. The smallest absolute Gasteiger partial charge is 0.247 e. The summed E-state index contributed by atoms with van der Waals surface area (Å²) in [5, 5.41) is 0. The van der Waals surface area contributed by atoms with E-state index in [1.54, 1.807) is 6.08 Å².